The van der Waals surface area contributed by atoms with Gasteiger partial charge >= 0.3 is 6.18 Å². The molecule has 0 saturated carbocycles. The number of likely N-dealkylation sites (N-methyl/N-ethyl adjacent to an activating group) is 1. The lowest BCUT2D eigenvalue weighted by atomic mass is 9.83. The summed E-state index contributed by atoms with van der Waals surface area (Å²) in [5, 5.41) is 11.8. The molecule has 4 nitrogen and oxygen atoms in total. The summed E-state index contributed by atoms with van der Waals surface area (Å²) in [4.78, 5) is 14.4. The molecule has 0 radical (unpaired) electrons. The molecule has 1 amide bonds. The van der Waals surface area contributed by atoms with Crippen LogP contribution in [0.15, 0.2) is 72.0 Å². The monoisotopic (exact) mass is 411 g/mol. The summed E-state index contributed by atoms with van der Waals surface area (Å²) in [5.74, 6) is -0.773. The van der Waals surface area contributed by atoms with Crippen molar-refractivity contribution in [3.8, 4) is 6.07 Å². The molecule has 30 heavy (non-hydrogen) atoms. The lowest BCUT2D eigenvalue weighted by Gasteiger charge is -2.23. The zero-order valence-corrected chi connectivity index (χ0v) is 16.7. The van der Waals surface area contributed by atoms with E-state index in [2.05, 4.69) is 5.32 Å². The molecule has 0 atom stereocenters. The highest BCUT2D eigenvalue weighted by atomic mass is 19.4. The van der Waals surface area contributed by atoms with Gasteiger partial charge in [-0.25, -0.2) is 0 Å². The van der Waals surface area contributed by atoms with Gasteiger partial charge in [-0.3, -0.25) is 4.79 Å². The van der Waals surface area contributed by atoms with Crippen LogP contribution in [0.3, 0.4) is 0 Å². The second kappa shape index (κ2) is 7.71. The number of nitrogens with zero attached hydrogens (tertiary/aromatic N) is 2. The van der Waals surface area contributed by atoms with Crippen molar-refractivity contribution < 1.29 is 18.0 Å². The van der Waals surface area contributed by atoms with E-state index in [0.29, 0.717) is 0 Å². The van der Waals surface area contributed by atoms with Crippen molar-refractivity contribution >= 4 is 17.3 Å². The van der Waals surface area contributed by atoms with Crippen molar-refractivity contribution in [3.63, 3.8) is 0 Å². The van der Waals surface area contributed by atoms with E-state index < -0.39 is 17.6 Å². The Morgan fingerprint density at radius 2 is 1.87 bits per heavy atom. The summed E-state index contributed by atoms with van der Waals surface area (Å²) in [5.41, 5.74) is 1.60. The number of amides is 1. The molecule has 0 unspecified atom stereocenters. The predicted octanol–water partition coefficient (Wildman–Crippen LogP) is 5.41. The van der Waals surface area contributed by atoms with Gasteiger partial charge in [0.25, 0.3) is 5.91 Å². The average molecular weight is 411 g/mol. The maximum atomic E-state index is 12.9. The molecule has 154 valence electrons. The number of hydrogen-bond donors (Lipinski definition) is 1. The predicted molar refractivity (Wildman–Crippen MR) is 110 cm³/mol. The van der Waals surface area contributed by atoms with Gasteiger partial charge in [0.05, 0.1) is 5.56 Å². The van der Waals surface area contributed by atoms with Crippen LogP contribution in [0.5, 0.6) is 0 Å². The van der Waals surface area contributed by atoms with Gasteiger partial charge < -0.3 is 10.2 Å². The molecular weight excluding hydrogens is 391 g/mol. The number of benzene rings is 2. The van der Waals surface area contributed by atoms with Crippen LogP contribution in [0.25, 0.3) is 0 Å². The van der Waals surface area contributed by atoms with Crippen LogP contribution < -0.4 is 10.2 Å². The third-order valence-electron chi connectivity index (χ3n) is 5.16. The van der Waals surface area contributed by atoms with Gasteiger partial charge in [-0.15, -0.1) is 0 Å². The highest BCUT2D eigenvalue weighted by Crippen LogP contribution is 2.46. The Labute approximate surface area is 172 Å². The first-order valence-corrected chi connectivity index (χ1v) is 9.20. The van der Waals surface area contributed by atoms with Gasteiger partial charge in [0.15, 0.2) is 0 Å². The maximum Gasteiger partial charge on any atom is 0.416 e. The first-order valence-electron chi connectivity index (χ1n) is 9.20. The Bertz CT molecular complexity index is 1090. The molecule has 1 heterocycles. The normalized spacial score (nSPS) is 16.9. The molecule has 1 aliphatic rings. The lowest BCUT2D eigenvalue weighted by Crippen LogP contribution is -2.22. The van der Waals surface area contributed by atoms with Gasteiger partial charge in [-0.2, -0.15) is 18.4 Å². The van der Waals surface area contributed by atoms with Crippen LogP contribution in [-0.2, 0) is 16.4 Å². The highest BCUT2D eigenvalue weighted by Gasteiger charge is 2.37. The number of carbonyl (C=O) groups excluding carboxylic acids is 1. The zero-order valence-electron chi connectivity index (χ0n) is 16.7. The van der Waals surface area contributed by atoms with Gasteiger partial charge in [0.2, 0.25) is 0 Å². The quantitative estimate of drug-likeness (QED) is 0.543. The number of rotatable bonds is 3. The minimum absolute atomic E-state index is 0.0330. The van der Waals surface area contributed by atoms with Crippen LogP contribution in [0.2, 0.25) is 0 Å². The van der Waals surface area contributed by atoms with Crippen LogP contribution in [-0.4, -0.2) is 13.0 Å². The Kier molecular flexibility index (Phi) is 5.45. The Morgan fingerprint density at radius 1 is 1.17 bits per heavy atom. The van der Waals surface area contributed by atoms with Gasteiger partial charge in [0, 0.05) is 29.5 Å². The number of allylic oxidation sites excluding steroid dienone is 3. The average Bonchev–Trinajstić information content (AvgIpc) is 2.88. The van der Waals surface area contributed by atoms with E-state index in [-0.39, 0.29) is 16.7 Å². The van der Waals surface area contributed by atoms with Crippen molar-refractivity contribution in [3.05, 3.63) is 83.1 Å². The number of fused-ring (bicyclic) bond motifs is 1. The molecule has 1 aliphatic heterocycles. The van der Waals surface area contributed by atoms with E-state index in [0.717, 1.165) is 29.1 Å². The number of nitrogens with one attached hydrogen (secondary N) is 1. The SMILES string of the molecule is CN1/C(=C\C=C(/C#N)C(=O)Nc2cccc(C(F)(F)F)c2)C(C)(C)c2ccccc21. The fourth-order valence-corrected chi connectivity index (χ4v) is 3.60. The summed E-state index contributed by atoms with van der Waals surface area (Å²) in [6, 6.07) is 14.0. The van der Waals surface area contributed by atoms with E-state index in [9.17, 15) is 23.2 Å². The van der Waals surface area contributed by atoms with E-state index >= 15 is 0 Å². The van der Waals surface area contributed by atoms with Crippen molar-refractivity contribution in [2.24, 2.45) is 0 Å². The topological polar surface area (TPSA) is 56.1 Å². The molecule has 0 aliphatic carbocycles. The van der Waals surface area contributed by atoms with Gasteiger partial charge in [-0.05, 0) is 42.0 Å². The Balaban J connectivity index is 1.87. The molecular formula is C23H20F3N3O. The summed E-state index contributed by atoms with van der Waals surface area (Å²) in [7, 11) is 1.90. The summed E-state index contributed by atoms with van der Waals surface area (Å²) in [6.45, 7) is 4.09. The number of para-hydroxylation sites is 1. The Hall–Kier alpha value is -3.53. The second-order valence-corrected chi connectivity index (χ2v) is 7.48. The maximum absolute atomic E-state index is 12.9. The second-order valence-electron chi connectivity index (χ2n) is 7.48. The molecule has 7 heteroatoms. The molecule has 3 rings (SSSR count). The minimum atomic E-state index is -4.52. The molecule has 0 bridgehead atoms. The van der Waals surface area contributed by atoms with Crippen LogP contribution in [0.1, 0.15) is 25.0 Å². The van der Waals surface area contributed by atoms with E-state index in [1.807, 2.05) is 56.1 Å². The van der Waals surface area contributed by atoms with Crippen molar-refractivity contribution in [2.75, 3.05) is 17.3 Å². The van der Waals surface area contributed by atoms with Gasteiger partial charge in [0.1, 0.15) is 11.6 Å². The minimum Gasteiger partial charge on any atom is -0.347 e. The fourth-order valence-electron chi connectivity index (χ4n) is 3.60. The van der Waals surface area contributed by atoms with Crippen LogP contribution in [0, 0.1) is 11.3 Å². The van der Waals surface area contributed by atoms with Crippen molar-refractivity contribution in [1.29, 1.82) is 5.26 Å². The number of carbonyl (C=O) groups is 1. The molecule has 2 aromatic carbocycles. The summed E-state index contributed by atoms with van der Waals surface area (Å²) in [6.07, 6.45) is -1.43. The third-order valence-corrected chi connectivity index (χ3v) is 5.16. The van der Waals surface area contributed by atoms with Crippen LogP contribution >= 0.6 is 0 Å². The van der Waals surface area contributed by atoms with Crippen molar-refractivity contribution in [1.82, 2.24) is 0 Å². The standard InChI is InChI=1S/C23H20F3N3O/c1-22(2)18-9-4-5-10-19(18)29(3)20(22)12-11-15(14-27)21(30)28-17-8-6-7-16(13-17)23(24,25)26/h4-13H,1-3H3,(H,28,30)/b15-11+,20-12-. The van der Waals surface area contributed by atoms with E-state index in [1.54, 1.807) is 6.08 Å². The highest BCUT2D eigenvalue weighted by molar-refractivity contribution is 6.06. The largest absolute Gasteiger partial charge is 0.416 e. The molecule has 2 aromatic rings. The molecule has 0 spiro atoms. The number of alkyl halides is 3. The summed E-state index contributed by atoms with van der Waals surface area (Å²) >= 11 is 0. The molecule has 0 aromatic heterocycles. The van der Waals surface area contributed by atoms with Gasteiger partial charge in [-0.1, -0.05) is 38.1 Å². The summed E-state index contributed by atoms with van der Waals surface area (Å²) < 4.78 is 38.6. The number of anilines is 2. The Morgan fingerprint density at radius 3 is 2.50 bits per heavy atom. The first-order chi connectivity index (χ1) is 14.1. The smallest absolute Gasteiger partial charge is 0.347 e. The van der Waals surface area contributed by atoms with Crippen LogP contribution in [0.4, 0.5) is 24.5 Å². The van der Waals surface area contributed by atoms with E-state index in [1.165, 1.54) is 18.2 Å². The number of nitriles is 1. The first kappa shape index (κ1) is 21.2. The number of hydrogen-bond acceptors (Lipinski definition) is 3. The molecule has 1 N–H and O–H groups in total. The van der Waals surface area contributed by atoms with Crippen molar-refractivity contribution in [2.45, 2.75) is 25.4 Å². The molecule has 0 saturated heterocycles. The number of halogens is 3. The van der Waals surface area contributed by atoms with E-state index in [4.69, 9.17) is 0 Å². The lowest BCUT2D eigenvalue weighted by molar-refractivity contribution is -0.137. The third kappa shape index (κ3) is 3.94. The fraction of sp³-hybridized carbons (Fsp3) is 0.217. The molecule has 0 fully saturated rings. The zero-order chi connectivity index (χ0) is 22.1.